The van der Waals surface area contributed by atoms with Crippen molar-refractivity contribution in [2.75, 3.05) is 13.1 Å². The van der Waals surface area contributed by atoms with Crippen LogP contribution in [0.5, 0.6) is 0 Å². The summed E-state index contributed by atoms with van der Waals surface area (Å²) in [5.41, 5.74) is 5.35. The summed E-state index contributed by atoms with van der Waals surface area (Å²) in [4.78, 5) is 4.26. The molecule has 0 radical (unpaired) electrons. The first-order valence-corrected chi connectivity index (χ1v) is 8.40. The first-order valence-electron chi connectivity index (χ1n) is 6.56. The Kier molecular flexibility index (Phi) is 4.34. The molecule has 8 heteroatoms. The quantitative estimate of drug-likeness (QED) is 0.830. The van der Waals surface area contributed by atoms with Crippen LogP contribution in [-0.2, 0) is 14.8 Å². The molecule has 6 nitrogen and oxygen atoms in total. The van der Waals surface area contributed by atoms with Crippen LogP contribution in [0.3, 0.4) is 0 Å². The molecule has 1 atom stereocenters. The minimum atomic E-state index is -3.60. The lowest BCUT2D eigenvalue weighted by Crippen LogP contribution is -2.53. The summed E-state index contributed by atoms with van der Waals surface area (Å²) in [6, 6.07) is 2.99. The Bertz CT molecular complexity index is 641. The van der Waals surface area contributed by atoms with E-state index < -0.39 is 15.6 Å². The second-order valence-corrected chi connectivity index (χ2v) is 8.11. The van der Waals surface area contributed by atoms with E-state index in [0.717, 1.165) is 0 Å². The monoisotopic (exact) mass is 329 g/mol. The third kappa shape index (κ3) is 3.57. The molecule has 0 aliphatic carbocycles. The maximum Gasteiger partial charge on any atom is 0.244 e. The molecule has 0 aromatic carbocycles. The van der Waals surface area contributed by atoms with Crippen molar-refractivity contribution < 1.29 is 13.2 Å². The van der Waals surface area contributed by atoms with Gasteiger partial charge in [-0.15, -0.1) is 0 Å². The van der Waals surface area contributed by atoms with Crippen LogP contribution in [0.25, 0.3) is 0 Å². The molecule has 1 aliphatic heterocycles. The molecule has 21 heavy (non-hydrogen) atoms. The zero-order valence-electron chi connectivity index (χ0n) is 12.2. The van der Waals surface area contributed by atoms with Crippen LogP contribution >= 0.6 is 12.2 Å². The Hall–Kier alpha value is -1.09. The lowest BCUT2D eigenvalue weighted by atomic mass is 10.1. The van der Waals surface area contributed by atoms with Gasteiger partial charge in [0.25, 0.3) is 0 Å². The van der Waals surface area contributed by atoms with Crippen LogP contribution in [-0.4, -0.2) is 47.5 Å². The van der Waals surface area contributed by atoms with Crippen LogP contribution in [0.15, 0.2) is 23.2 Å². The molecule has 1 aliphatic rings. The summed E-state index contributed by atoms with van der Waals surface area (Å²) < 4.78 is 32.5. The first-order chi connectivity index (χ1) is 9.62. The number of ether oxygens (including phenoxy) is 1. The largest absolute Gasteiger partial charge is 0.388 e. The normalized spacial score (nSPS) is 22.9. The maximum atomic E-state index is 12.7. The van der Waals surface area contributed by atoms with Gasteiger partial charge in [-0.25, -0.2) is 8.42 Å². The molecule has 1 aromatic rings. The smallest absolute Gasteiger partial charge is 0.244 e. The van der Waals surface area contributed by atoms with Gasteiger partial charge in [-0.05, 0) is 32.9 Å². The van der Waals surface area contributed by atoms with Crippen LogP contribution in [0.1, 0.15) is 26.5 Å². The first kappa shape index (κ1) is 16.3. The van der Waals surface area contributed by atoms with Gasteiger partial charge in [0.15, 0.2) is 0 Å². The van der Waals surface area contributed by atoms with Gasteiger partial charge in [-0.2, -0.15) is 4.31 Å². The summed E-state index contributed by atoms with van der Waals surface area (Å²) in [6.45, 7) is 6.23. The Labute approximate surface area is 130 Å². The van der Waals surface area contributed by atoms with Gasteiger partial charge in [0.05, 0.1) is 17.4 Å². The van der Waals surface area contributed by atoms with Gasteiger partial charge < -0.3 is 10.5 Å². The SMILES string of the molecule is CC1CN(S(=O)(=O)c2ccc(C(N)=S)nc2)CC(C)(C)O1. The Morgan fingerprint density at radius 3 is 2.67 bits per heavy atom. The average Bonchev–Trinajstić information content (AvgIpc) is 2.36. The number of pyridine rings is 1. The molecular formula is C13H19N3O3S2. The lowest BCUT2D eigenvalue weighted by molar-refractivity contribution is -0.109. The number of nitrogens with two attached hydrogens (primary N) is 1. The average molecular weight is 329 g/mol. The minimum Gasteiger partial charge on any atom is -0.388 e. The van der Waals surface area contributed by atoms with Crippen molar-refractivity contribution in [3.63, 3.8) is 0 Å². The van der Waals surface area contributed by atoms with E-state index in [1.807, 2.05) is 20.8 Å². The third-order valence-electron chi connectivity index (χ3n) is 3.16. The highest BCUT2D eigenvalue weighted by Gasteiger charge is 2.38. The fraction of sp³-hybridized carbons (Fsp3) is 0.538. The standard InChI is InChI=1S/C13H19N3O3S2/c1-9-7-16(8-13(2,3)19-9)21(17,18)10-4-5-11(12(14)20)15-6-10/h4-6,9H,7-8H2,1-3H3,(H2,14,20). The summed E-state index contributed by atoms with van der Waals surface area (Å²) in [5.74, 6) is 0. The minimum absolute atomic E-state index is 0.132. The van der Waals surface area contributed by atoms with E-state index in [0.29, 0.717) is 18.8 Å². The van der Waals surface area contributed by atoms with Crippen molar-refractivity contribution in [3.05, 3.63) is 24.0 Å². The van der Waals surface area contributed by atoms with Crippen molar-refractivity contribution in [1.29, 1.82) is 0 Å². The molecule has 1 aromatic heterocycles. The molecule has 0 amide bonds. The fourth-order valence-electron chi connectivity index (χ4n) is 2.41. The molecular weight excluding hydrogens is 310 g/mol. The van der Waals surface area contributed by atoms with E-state index in [9.17, 15) is 8.42 Å². The van der Waals surface area contributed by atoms with Gasteiger partial charge in [-0.3, -0.25) is 4.98 Å². The highest BCUT2D eigenvalue weighted by Crippen LogP contribution is 2.26. The van der Waals surface area contributed by atoms with Crippen LogP contribution in [0, 0.1) is 0 Å². The van der Waals surface area contributed by atoms with Gasteiger partial charge in [-0.1, -0.05) is 12.2 Å². The number of rotatable bonds is 3. The van der Waals surface area contributed by atoms with E-state index in [-0.39, 0.29) is 16.0 Å². The molecule has 0 spiro atoms. The second kappa shape index (κ2) is 5.60. The van der Waals surface area contributed by atoms with E-state index in [4.69, 9.17) is 22.7 Å². The number of hydrogen-bond acceptors (Lipinski definition) is 5. The van der Waals surface area contributed by atoms with Crippen molar-refractivity contribution in [2.45, 2.75) is 37.4 Å². The summed E-state index contributed by atoms with van der Waals surface area (Å²) in [6.07, 6.45) is 1.13. The predicted octanol–water partition coefficient (Wildman–Crippen LogP) is 0.904. The summed E-state index contributed by atoms with van der Waals surface area (Å²) >= 11 is 4.81. The second-order valence-electron chi connectivity index (χ2n) is 5.73. The fourth-order valence-corrected chi connectivity index (χ4v) is 4.14. The van der Waals surface area contributed by atoms with Crippen molar-refractivity contribution in [3.8, 4) is 0 Å². The topological polar surface area (TPSA) is 85.5 Å². The highest BCUT2D eigenvalue weighted by molar-refractivity contribution is 7.89. The molecule has 2 heterocycles. The molecule has 116 valence electrons. The number of morpholine rings is 1. The Morgan fingerprint density at radius 1 is 1.52 bits per heavy atom. The predicted molar refractivity (Wildman–Crippen MR) is 83.5 cm³/mol. The molecule has 0 saturated carbocycles. The highest BCUT2D eigenvalue weighted by atomic mass is 32.2. The van der Waals surface area contributed by atoms with Crippen molar-refractivity contribution in [2.24, 2.45) is 5.73 Å². The number of aromatic nitrogens is 1. The molecule has 1 saturated heterocycles. The molecule has 1 unspecified atom stereocenters. The Balaban J connectivity index is 2.31. The van der Waals surface area contributed by atoms with Crippen LogP contribution in [0.4, 0.5) is 0 Å². The van der Waals surface area contributed by atoms with Gasteiger partial charge in [0.2, 0.25) is 10.0 Å². The van der Waals surface area contributed by atoms with Crippen LogP contribution in [0.2, 0.25) is 0 Å². The van der Waals surface area contributed by atoms with Crippen molar-refractivity contribution >= 4 is 27.2 Å². The number of hydrogen-bond donors (Lipinski definition) is 1. The summed E-state index contributed by atoms with van der Waals surface area (Å²) in [5, 5.41) is 0. The van der Waals surface area contributed by atoms with Crippen LogP contribution < -0.4 is 5.73 Å². The number of nitrogens with zero attached hydrogens (tertiary/aromatic N) is 2. The third-order valence-corrected chi connectivity index (χ3v) is 5.17. The van der Waals surface area contributed by atoms with Gasteiger partial charge >= 0.3 is 0 Å². The lowest BCUT2D eigenvalue weighted by Gasteiger charge is -2.40. The summed E-state index contributed by atoms with van der Waals surface area (Å²) in [7, 11) is -3.60. The number of sulfonamides is 1. The van der Waals surface area contributed by atoms with E-state index in [2.05, 4.69) is 4.98 Å². The van der Waals surface area contributed by atoms with E-state index in [1.54, 1.807) is 0 Å². The molecule has 2 rings (SSSR count). The van der Waals surface area contributed by atoms with Crippen molar-refractivity contribution in [1.82, 2.24) is 9.29 Å². The zero-order valence-corrected chi connectivity index (χ0v) is 13.9. The maximum absolute atomic E-state index is 12.7. The van der Waals surface area contributed by atoms with E-state index in [1.165, 1.54) is 22.6 Å². The molecule has 1 fully saturated rings. The van der Waals surface area contributed by atoms with Gasteiger partial charge in [0, 0.05) is 19.3 Å². The molecule has 2 N–H and O–H groups in total. The van der Waals surface area contributed by atoms with Gasteiger partial charge in [0.1, 0.15) is 9.88 Å². The zero-order chi connectivity index (χ0) is 15.8. The Morgan fingerprint density at radius 2 is 2.19 bits per heavy atom. The van der Waals surface area contributed by atoms with E-state index >= 15 is 0 Å². The number of thiocarbonyl (C=S) groups is 1. The molecule has 0 bridgehead atoms.